The molecule has 0 aromatic carbocycles. The fourth-order valence-electron chi connectivity index (χ4n) is 0.513. The summed E-state index contributed by atoms with van der Waals surface area (Å²) in [5.74, 6) is 0. The van der Waals surface area contributed by atoms with Gasteiger partial charge in [0.25, 0.3) is 0 Å². The molecular formula is C6H9ClN2. The van der Waals surface area contributed by atoms with Crippen LogP contribution in [0, 0.1) is 0 Å². The zero-order valence-corrected chi connectivity index (χ0v) is 5.97. The van der Waals surface area contributed by atoms with Crippen LogP contribution in [0.3, 0.4) is 0 Å². The second-order valence-electron chi connectivity index (χ2n) is 1.80. The lowest BCUT2D eigenvalue weighted by molar-refractivity contribution is -0.671. The van der Waals surface area contributed by atoms with E-state index >= 15 is 0 Å². The molecule has 0 aliphatic carbocycles. The van der Waals surface area contributed by atoms with Gasteiger partial charge in [0.2, 0.25) is 0 Å². The lowest BCUT2D eigenvalue weighted by Crippen LogP contribution is -3.00. The first-order valence-corrected chi connectivity index (χ1v) is 2.50. The molecule has 0 aliphatic heterocycles. The van der Waals surface area contributed by atoms with Crippen LogP contribution in [0.4, 0.5) is 5.69 Å². The summed E-state index contributed by atoms with van der Waals surface area (Å²) in [7, 11) is 1.96. The minimum Gasteiger partial charge on any atom is -1.00 e. The molecule has 1 rings (SSSR count). The van der Waals surface area contributed by atoms with Crippen LogP contribution in [0.25, 0.3) is 0 Å². The van der Waals surface area contributed by atoms with E-state index in [1.807, 2.05) is 36.1 Å². The topological polar surface area (TPSA) is 29.9 Å². The third kappa shape index (κ3) is 2.33. The Morgan fingerprint density at radius 1 is 1.33 bits per heavy atom. The van der Waals surface area contributed by atoms with E-state index in [9.17, 15) is 0 Å². The van der Waals surface area contributed by atoms with E-state index in [4.69, 9.17) is 5.73 Å². The van der Waals surface area contributed by atoms with E-state index in [2.05, 4.69) is 0 Å². The van der Waals surface area contributed by atoms with Crippen molar-refractivity contribution in [1.29, 1.82) is 0 Å². The molecule has 1 heterocycles. The molecule has 9 heavy (non-hydrogen) atoms. The second kappa shape index (κ2) is 3.30. The number of pyridine rings is 1. The van der Waals surface area contributed by atoms with Crippen molar-refractivity contribution in [3.63, 3.8) is 0 Å². The van der Waals surface area contributed by atoms with Crippen molar-refractivity contribution in [2.24, 2.45) is 7.05 Å². The van der Waals surface area contributed by atoms with Gasteiger partial charge < -0.3 is 18.1 Å². The first kappa shape index (κ1) is 8.24. The van der Waals surface area contributed by atoms with Crippen molar-refractivity contribution >= 4 is 5.69 Å². The highest BCUT2D eigenvalue weighted by Gasteiger charge is 1.86. The predicted octanol–water partition coefficient (Wildman–Crippen LogP) is -2.90. The number of aryl methyl sites for hydroxylation is 1. The van der Waals surface area contributed by atoms with E-state index in [0.717, 1.165) is 5.69 Å². The van der Waals surface area contributed by atoms with E-state index in [-0.39, 0.29) is 12.4 Å². The van der Waals surface area contributed by atoms with Crippen LogP contribution in [0.15, 0.2) is 24.5 Å². The van der Waals surface area contributed by atoms with Crippen LogP contribution in [0.2, 0.25) is 0 Å². The lowest BCUT2D eigenvalue weighted by Gasteiger charge is -1.85. The summed E-state index contributed by atoms with van der Waals surface area (Å²) in [5.41, 5.74) is 6.22. The Balaban J connectivity index is 0.000000640. The highest BCUT2D eigenvalue weighted by molar-refractivity contribution is 5.32. The number of nitrogens with two attached hydrogens (primary N) is 1. The average Bonchev–Trinajstić information content (AvgIpc) is 1.77. The monoisotopic (exact) mass is 144 g/mol. The smallest absolute Gasteiger partial charge is 0.170 e. The molecule has 50 valence electrons. The number of halogens is 1. The SMILES string of the molecule is C[n+]1ccc(N)cc1.[Cl-]. The van der Waals surface area contributed by atoms with Gasteiger partial charge in [0.05, 0.1) is 0 Å². The minimum absolute atomic E-state index is 0. The first-order chi connectivity index (χ1) is 3.79. The van der Waals surface area contributed by atoms with Crippen LogP contribution in [0.5, 0.6) is 0 Å². The molecule has 0 saturated heterocycles. The fraction of sp³-hybridized carbons (Fsp3) is 0.167. The van der Waals surface area contributed by atoms with Crippen LogP contribution < -0.4 is 22.7 Å². The third-order valence-corrected chi connectivity index (χ3v) is 1.00. The van der Waals surface area contributed by atoms with Crippen molar-refractivity contribution in [2.75, 3.05) is 5.73 Å². The molecule has 2 N–H and O–H groups in total. The van der Waals surface area contributed by atoms with Crippen molar-refractivity contribution in [1.82, 2.24) is 0 Å². The molecule has 0 amide bonds. The molecule has 0 unspecified atom stereocenters. The Kier molecular flexibility index (Phi) is 3.02. The van der Waals surface area contributed by atoms with E-state index < -0.39 is 0 Å². The lowest BCUT2D eigenvalue weighted by atomic mass is 10.4. The van der Waals surface area contributed by atoms with E-state index in [1.54, 1.807) is 0 Å². The van der Waals surface area contributed by atoms with Crippen molar-refractivity contribution in [2.45, 2.75) is 0 Å². The van der Waals surface area contributed by atoms with Crippen LogP contribution in [0.1, 0.15) is 0 Å². The number of rotatable bonds is 0. The molecule has 3 heteroatoms. The average molecular weight is 145 g/mol. The molecule has 0 atom stereocenters. The number of anilines is 1. The first-order valence-electron chi connectivity index (χ1n) is 2.50. The fourth-order valence-corrected chi connectivity index (χ4v) is 0.513. The minimum atomic E-state index is 0. The molecule has 0 saturated carbocycles. The maximum absolute atomic E-state index is 5.41. The molecular weight excluding hydrogens is 136 g/mol. The number of aromatic nitrogens is 1. The Morgan fingerprint density at radius 3 is 2.11 bits per heavy atom. The number of nitrogens with zero attached hydrogens (tertiary/aromatic N) is 1. The van der Waals surface area contributed by atoms with Crippen molar-refractivity contribution < 1.29 is 17.0 Å². The summed E-state index contributed by atoms with van der Waals surface area (Å²) in [5, 5.41) is 0. The van der Waals surface area contributed by atoms with Gasteiger partial charge in [-0.3, -0.25) is 0 Å². The quantitative estimate of drug-likeness (QED) is 0.389. The van der Waals surface area contributed by atoms with Crippen LogP contribution in [-0.2, 0) is 7.05 Å². The van der Waals surface area contributed by atoms with Gasteiger partial charge in [-0.25, -0.2) is 4.57 Å². The van der Waals surface area contributed by atoms with Gasteiger partial charge in [-0.2, -0.15) is 0 Å². The summed E-state index contributed by atoms with van der Waals surface area (Å²) in [6.07, 6.45) is 3.82. The van der Waals surface area contributed by atoms with Crippen LogP contribution in [-0.4, -0.2) is 0 Å². The van der Waals surface area contributed by atoms with Gasteiger partial charge >= 0.3 is 0 Å². The Bertz CT molecular complexity index is 150. The maximum atomic E-state index is 5.41. The Labute approximate surface area is 60.7 Å². The van der Waals surface area contributed by atoms with Gasteiger partial charge in [0, 0.05) is 17.8 Å². The summed E-state index contributed by atoms with van der Waals surface area (Å²) >= 11 is 0. The molecule has 0 fully saturated rings. The van der Waals surface area contributed by atoms with E-state index in [1.165, 1.54) is 0 Å². The molecule has 1 aromatic rings. The standard InChI is InChI=1S/C6H8N2.ClH/c1-8-4-2-6(7)3-5-8;/h2-5,7H,1H3;1H. The van der Waals surface area contributed by atoms with Gasteiger partial charge in [-0.05, 0) is 0 Å². The Hall–Kier alpha value is -0.760. The third-order valence-electron chi connectivity index (χ3n) is 1.00. The molecule has 1 aromatic heterocycles. The zero-order chi connectivity index (χ0) is 5.98. The normalized spacial score (nSPS) is 8.11. The summed E-state index contributed by atoms with van der Waals surface area (Å²) < 4.78 is 1.94. The van der Waals surface area contributed by atoms with Crippen molar-refractivity contribution in [3.8, 4) is 0 Å². The summed E-state index contributed by atoms with van der Waals surface area (Å²) in [6.45, 7) is 0. The number of hydrogen-bond donors (Lipinski definition) is 1. The van der Waals surface area contributed by atoms with Crippen molar-refractivity contribution in [3.05, 3.63) is 24.5 Å². The zero-order valence-electron chi connectivity index (χ0n) is 5.21. The highest BCUT2D eigenvalue weighted by atomic mass is 35.5. The highest BCUT2D eigenvalue weighted by Crippen LogP contribution is 1.91. The summed E-state index contributed by atoms with van der Waals surface area (Å²) in [4.78, 5) is 0. The molecule has 0 radical (unpaired) electrons. The van der Waals surface area contributed by atoms with Gasteiger partial charge in [0.1, 0.15) is 7.05 Å². The number of nitrogen functional groups attached to an aromatic ring is 1. The summed E-state index contributed by atoms with van der Waals surface area (Å²) in [6, 6.07) is 3.72. The maximum Gasteiger partial charge on any atom is 0.170 e. The largest absolute Gasteiger partial charge is 1.00 e. The number of hydrogen-bond acceptors (Lipinski definition) is 1. The molecule has 2 nitrogen and oxygen atoms in total. The molecule has 0 aliphatic rings. The van der Waals surface area contributed by atoms with Gasteiger partial charge in [-0.15, -0.1) is 0 Å². The predicted molar refractivity (Wildman–Crippen MR) is 32.0 cm³/mol. The Morgan fingerprint density at radius 2 is 1.78 bits per heavy atom. The van der Waals surface area contributed by atoms with E-state index in [0.29, 0.717) is 0 Å². The molecule has 0 spiro atoms. The van der Waals surface area contributed by atoms with Crippen LogP contribution >= 0.6 is 0 Å². The molecule has 0 bridgehead atoms. The van der Waals surface area contributed by atoms with Gasteiger partial charge in [0.15, 0.2) is 12.4 Å². The second-order valence-corrected chi connectivity index (χ2v) is 1.80. The van der Waals surface area contributed by atoms with Gasteiger partial charge in [-0.1, -0.05) is 0 Å².